The fourth-order valence-electron chi connectivity index (χ4n) is 2.84. The number of hydrogen-bond donors (Lipinski definition) is 1. The van der Waals surface area contributed by atoms with Crippen LogP contribution in [0.3, 0.4) is 0 Å². The number of ether oxygens (including phenoxy) is 1. The van der Waals surface area contributed by atoms with Crippen molar-refractivity contribution >= 4 is 11.7 Å². The first-order chi connectivity index (χ1) is 10.5. The summed E-state index contributed by atoms with van der Waals surface area (Å²) in [5.74, 6) is 1.30. The fraction of sp³-hybridized carbons (Fsp3) is 0.733. The molecule has 124 valence electrons. The third kappa shape index (κ3) is 3.98. The fourth-order valence-corrected chi connectivity index (χ4v) is 2.84. The second kappa shape index (κ2) is 7.60. The summed E-state index contributed by atoms with van der Waals surface area (Å²) in [7, 11) is 5.98. The molecule has 0 spiro atoms. The third-order valence-electron chi connectivity index (χ3n) is 3.92. The molecule has 0 aliphatic carbocycles. The number of aromatic nitrogens is 2. The third-order valence-corrected chi connectivity index (χ3v) is 3.92. The Labute approximate surface area is 132 Å². The van der Waals surface area contributed by atoms with Gasteiger partial charge < -0.3 is 19.9 Å². The molecule has 0 atom stereocenters. The van der Waals surface area contributed by atoms with E-state index in [0.29, 0.717) is 39.3 Å². The van der Waals surface area contributed by atoms with Gasteiger partial charge in [0.25, 0.3) is 0 Å². The van der Waals surface area contributed by atoms with Gasteiger partial charge in [-0.15, -0.1) is 0 Å². The highest BCUT2D eigenvalue weighted by molar-refractivity contribution is 5.76. The maximum absolute atomic E-state index is 12.1. The molecule has 2 rings (SSSR count). The molecular weight excluding hydrogens is 282 g/mol. The number of hydrogen-bond acceptors (Lipinski definition) is 5. The van der Waals surface area contributed by atoms with Gasteiger partial charge in [0, 0.05) is 59.3 Å². The van der Waals surface area contributed by atoms with Crippen molar-refractivity contribution in [3.05, 3.63) is 11.3 Å². The zero-order valence-electron chi connectivity index (χ0n) is 14.1. The highest BCUT2D eigenvalue weighted by atomic mass is 16.5. The molecule has 0 aromatic carbocycles. The zero-order valence-corrected chi connectivity index (χ0v) is 14.1. The van der Waals surface area contributed by atoms with Crippen LogP contribution in [0.15, 0.2) is 0 Å². The molecule has 1 aliphatic heterocycles. The molecule has 1 N–H and O–H groups in total. The van der Waals surface area contributed by atoms with E-state index in [0.717, 1.165) is 18.1 Å². The minimum Gasteiger partial charge on any atom is -0.378 e. The van der Waals surface area contributed by atoms with E-state index >= 15 is 0 Å². The van der Waals surface area contributed by atoms with E-state index in [4.69, 9.17) is 4.74 Å². The maximum atomic E-state index is 12.1. The van der Waals surface area contributed by atoms with E-state index < -0.39 is 0 Å². The van der Waals surface area contributed by atoms with Crippen molar-refractivity contribution in [3.8, 4) is 0 Å². The molecule has 0 radical (unpaired) electrons. The normalized spacial score (nSPS) is 15.2. The van der Waals surface area contributed by atoms with Crippen LogP contribution in [0, 0.1) is 6.92 Å². The molecule has 1 amide bonds. The lowest BCUT2D eigenvalue weighted by molar-refractivity contribution is -0.135. The minimum atomic E-state index is 0.201. The predicted octanol–water partition coefficient (Wildman–Crippen LogP) is 0.133. The summed E-state index contributed by atoms with van der Waals surface area (Å²) >= 11 is 0. The molecule has 7 nitrogen and oxygen atoms in total. The van der Waals surface area contributed by atoms with E-state index in [9.17, 15) is 4.79 Å². The van der Waals surface area contributed by atoms with Crippen LogP contribution in [0.25, 0.3) is 0 Å². The second-order valence-electron chi connectivity index (χ2n) is 5.83. The van der Waals surface area contributed by atoms with Crippen LogP contribution in [0.4, 0.5) is 5.82 Å². The molecule has 1 fully saturated rings. The SMILES string of the molecule is Cc1nn(C)c(N(C)C)c1CNCCC(=O)N1CCOCC1. The van der Waals surface area contributed by atoms with Crippen LogP contribution in [0.5, 0.6) is 0 Å². The van der Waals surface area contributed by atoms with Gasteiger partial charge in [0.15, 0.2) is 0 Å². The van der Waals surface area contributed by atoms with E-state index in [1.165, 1.54) is 5.56 Å². The lowest BCUT2D eigenvalue weighted by atomic mass is 10.2. The Balaban J connectivity index is 1.80. The Kier molecular flexibility index (Phi) is 5.79. The first-order valence-corrected chi connectivity index (χ1v) is 7.76. The van der Waals surface area contributed by atoms with E-state index in [-0.39, 0.29) is 5.91 Å². The summed E-state index contributed by atoms with van der Waals surface area (Å²) in [6.45, 7) is 6.15. The Hall–Kier alpha value is -1.60. The van der Waals surface area contributed by atoms with Gasteiger partial charge in [0.1, 0.15) is 5.82 Å². The Morgan fingerprint density at radius 2 is 2.05 bits per heavy atom. The lowest BCUT2D eigenvalue weighted by Crippen LogP contribution is -2.41. The van der Waals surface area contributed by atoms with Gasteiger partial charge in [-0.3, -0.25) is 9.48 Å². The number of aryl methyl sites for hydroxylation is 2. The Morgan fingerprint density at radius 1 is 1.36 bits per heavy atom. The number of amides is 1. The van der Waals surface area contributed by atoms with Gasteiger partial charge in [-0.05, 0) is 6.92 Å². The van der Waals surface area contributed by atoms with Crippen molar-refractivity contribution in [2.45, 2.75) is 19.9 Å². The average Bonchev–Trinajstić information content (AvgIpc) is 2.78. The van der Waals surface area contributed by atoms with Crippen molar-refractivity contribution in [2.75, 3.05) is 51.8 Å². The van der Waals surface area contributed by atoms with Crippen molar-refractivity contribution in [1.29, 1.82) is 0 Å². The van der Waals surface area contributed by atoms with Crippen LogP contribution in [-0.2, 0) is 23.1 Å². The first-order valence-electron chi connectivity index (χ1n) is 7.76. The monoisotopic (exact) mass is 309 g/mol. The van der Waals surface area contributed by atoms with Crippen molar-refractivity contribution in [1.82, 2.24) is 20.0 Å². The van der Waals surface area contributed by atoms with Crippen LogP contribution in [0.2, 0.25) is 0 Å². The number of morpholine rings is 1. The number of nitrogens with zero attached hydrogens (tertiary/aromatic N) is 4. The number of anilines is 1. The number of carbonyl (C=O) groups excluding carboxylic acids is 1. The van der Waals surface area contributed by atoms with Gasteiger partial charge in [-0.2, -0.15) is 5.10 Å². The summed E-state index contributed by atoms with van der Waals surface area (Å²) in [5.41, 5.74) is 2.21. The van der Waals surface area contributed by atoms with Crippen molar-refractivity contribution in [3.63, 3.8) is 0 Å². The summed E-state index contributed by atoms with van der Waals surface area (Å²) < 4.78 is 7.16. The van der Waals surface area contributed by atoms with E-state index in [2.05, 4.69) is 15.3 Å². The highest BCUT2D eigenvalue weighted by Gasteiger charge is 2.17. The quantitative estimate of drug-likeness (QED) is 0.757. The largest absolute Gasteiger partial charge is 0.378 e. The van der Waals surface area contributed by atoms with Crippen LogP contribution < -0.4 is 10.2 Å². The van der Waals surface area contributed by atoms with E-state index in [1.807, 2.05) is 37.6 Å². The van der Waals surface area contributed by atoms with Gasteiger partial charge >= 0.3 is 0 Å². The van der Waals surface area contributed by atoms with E-state index in [1.54, 1.807) is 0 Å². The number of nitrogens with one attached hydrogen (secondary N) is 1. The second-order valence-corrected chi connectivity index (χ2v) is 5.83. The zero-order chi connectivity index (χ0) is 16.1. The molecule has 0 unspecified atom stereocenters. The average molecular weight is 309 g/mol. The molecule has 1 aromatic heterocycles. The molecule has 7 heteroatoms. The molecule has 0 bridgehead atoms. The predicted molar refractivity (Wildman–Crippen MR) is 86.0 cm³/mol. The minimum absolute atomic E-state index is 0.201. The molecule has 2 heterocycles. The summed E-state index contributed by atoms with van der Waals surface area (Å²) in [6, 6.07) is 0. The standard InChI is InChI=1S/C15H27N5O2/c1-12-13(15(18(2)3)19(4)17-12)11-16-6-5-14(21)20-7-9-22-10-8-20/h16H,5-11H2,1-4H3. The Morgan fingerprint density at radius 3 is 2.68 bits per heavy atom. The van der Waals surface area contributed by atoms with Crippen LogP contribution in [0.1, 0.15) is 17.7 Å². The number of rotatable bonds is 6. The molecule has 1 saturated heterocycles. The van der Waals surface area contributed by atoms with Crippen LogP contribution in [-0.4, -0.2) is 67.5 Å². The van der Waals surface area contributed by atoms with Gasteiger partial charge in [-0.1, -0.05) is 0 Å². The molecule has 22 heavy (non-hydrogen) atoms. The summed E-state index contributed by atoms with van der Waals surface area (Å²) in [4.78, 5) is 16.0. The lowest BCUT2D eigenvalue weighted by Gasteiger charge is -2.26. The molecule has 1 aromatic rings. The van der Waals surface area contributed by atoms with Gasteiger partial charge in [0.05, 0.1) is 18.9 Å². The molecule has 0 saturated carbocycles. The molecular formula is C15H27N5O2. The summed E-state index contributed by atoms with van der Waals surface area (Å²) in [5, 5.41) is 7.83. The van der Waals surface area contributed by atoms with Crippen molar-refractivity contribution < 1.29 is 9.53 Å². The molecule has 1 aliphatic rings. The topological polar surface area (TPSA) is 62.6 Å². The first kappa shape index (κ1) is 16.8. The van der Waals surface area contributed by atoms with Gasteiger partial charge in [0.2, 0.25) is 5.91 Å². The maximum Gasteiger partial charge on any atom is 0.224 e. The highest BCUT2D eigenvalue weighted by Crippen LogP contribution is 2.20. The summed E-state index contributed by atoms with van der Waals surface area (Å²) in [6.07, 6.45) is 0.524. The number of carbonyl (C=O) groups is 1. The van der Waals surface area contributed by atoms with Crippen molar-refractivity contribution in [2.24, 2.45) is 7.05 Å². The Bertz CT molecular complexity index is 506. The smallest absolute Gasteiger partial charge is 0.224 e. The van der Waals surface area contributed by atoms with Gasteiger partial charge in [-0.25, -0.2) is 0 Å². The van der Waals surface area contributed by atoms with Crippen LogP contribution >= 0.6 is 0 Å².